The zero-order valence-electron chi connectivity index (χ0n) is 11.0. The highest BCUT2D eigenvalue weighted by molar-refractivity contribution is 6.20. The van der Waals surface area contributed by atoms with E-state index in [1.54, 1.807) is 0 Å². The summed E-state index contributed by atoms with van der Waals surface area (Å²) in [6, 6.07) is 2.55. The van der Waals surface area contributed by atoms with Crippen LogP contribution in [-0.4, -0.2) is 15.2 Å². The predicted octanol–water partition coefficient (Wildman–Crippen LogP) is 4.05. The van der Waals surface area contributed by atoms with Crippen molar-refractivity contribution in [3.05, 3.63) is 18.0 Å². The van der Waals surface area contributed by atoms with Crippen molar-refractivity contribution in [3.8, 4) is 0 Å². The molecule has 3 heteroatoms. The van der Waals surface area contributed by atoms with Gasteiger partial charge in [0, 0.05) is 17.6 Å². The van der Waals surface area contributed by atoms with Crippen molar-refractivity contribution < 1.29 is 0 Å². The largest absolute Gasteiger partial charge is 0.270 e. The van der Waals surface area contributed by atoms with Gasteiger partial charge < -0.3 is 0 Å². The Morgan fingerprint density at radius 3 is 2.44 bits per heavy atom. The van der Waals surface area contributed by atoms with Crippen LogP contribution in [0.4, 0.5) is 0 Å². The van der Waals surface area contributed by atoms with E-state index in [1.807, 2.05) is 4.68 Å². The van der Waals surface area contributed by atoms with Crippen LogP contribution in [0.1, 0.15) is 52.8 Å². The van der Waals surface area contributed by atoms with Crippen LogP contribution < -0.4 is 0 Å². The van der Waals surface area contributed by atoms with Gasteiger partial charge in [0.25, 0.3) is 0 Å². The lowest BCUT2D eigenvalue weighted by molar-refractivity contribution is 0.326. The molecule has 0 amide bonds. The van der Waals surface area contributed by atoms with E-state index in [1.165, 1.54) is 0 Å². The molecule has 0 bridgehead atoms. The van der Waals surface area contributed by atoms with Crippen molar-refractivity contribution in [1.82, 2.24) is 9.78 Å². The summed E-state index contributed by atoms with van der Waals surface area (Å²) in [5, 5.41) is 4.80. The second-order valence-corrected chi connectivity index (χ2v) is 6.45. The van der Waals surface area contributed by atoms with Crippen LogP contribution in [0.25, 0.3) is 0 Å². The summed E-state index contributed by atoms with van der Waals surface area (Å²) in [5.41, 5.74) is 1.38. The van der Waals surface area contributed by atoms with Crippen molar-refractivity contribution in [3.63, 3.8) is 0 Å². The minimum atomic E-state index is 0.220. The molecule has 0 radical (unpaired) electrons. The highest BCUT2D eigenvalue weighted by Gasteiger charge is 2.22. The Morgan fingerprint density at radius 2 is 2.00 bits per heavy atom. The summed E-state index contributed by atoms with van der Waals surface area (Å²) < 4.78 is 2.01. The minimum absolute atomic E-state index is 0.220. The second-order valence-electron chi connectivity index (χ2n) is 5.71. The molecular formula is C13H23ClN2. The molecule has 1 aromatic heterocycles. The lowest BCUT2D eigenvalue weighted by atomic mass is 9.83. The molecule has 0 saturated carbocycles. The van der Waals surface area contributed by atoms with E-state index in [0.29, 0.717) is 6.04 Å². The van der Waals surface area contributed by atoms with Gasteiger partial charge in [-0.1, -0.05) is 13.8 Å². The number of nitrogens with zero attached hydrogens (tertiary/aromatic N) is 2. The predicted molar refractivity (Wildman–Crippen MR) is 70.0 cm³/mol. The van der Waals surface area contributed by atoms with E-state index in [2.05, 4.69) is 52.0 Å². The van der Waals surface area contributed by atoms with E-state index < -0.39 is 0 Å². The van der Waals surface area contributed by atoms with E-state index >= 15 is 0 Å². The van der Waals surface area contributed by atoms with Gasteiger partial charge in [-0.25, -0.2) is 0 Å². The number of hydrogen-bond donors (Lipinski definition) is 0. The van der Waals surface area contributed by atoms with Gasteiger partial charge in [-0.15, -0.1) is 11.6 Å². The van der Waals surface area contributed by atoms with E-state index in [-0.39, 0.29) is 10.8 Å². The second kappa shape index (κ2) is 5.22. The molecule has 0 saturated heterocycles. The molecule has 1 heterocycles. The highest BCUT2D eigenvalue weighted by Crippen LogP contribution is 2.28. The van der Waals surface area contributed by atoms with Crippen molar-refractivity contribution in [2.45, 2.75) is 58.9 Å². The van der Waals surface area contributed by atoms with Gasteiger partial charge in [0.05, 0.1) is 5.69 Å². The first-order valence-corrected chi connectivity index (χ1v) is 6.42. The molecule has 0 fully saturated rings. The van der Waals surface area contributed by atoms with E-state index in [9.17, 15) is 0 Å². The first-order valence-electron chi connectivity index (χ1n) is 5.98. The van der Waals surface area contributed by atoms with Crippen molar-refractivity contribution in [1.29, 1.82) is 0 Å². The van der Waals surface area contributed by atoms with Gasteiger partial charge in [0.15, 0.2) is 0 Å². The lowest BCUT2D eigenvalue weighted by Crippen LogP contribution is -2.19. The maximum absolute atomic E-state index is 6.06. The lowest BCUT2D eigenvalue weighted by Gasteiger charge is -2.24. The number of alkyl halides is 1. The number of aromatic nitrogens is 2. The highest BCUT2D eigenvalue weighted by atomic mass is 35.5. The summed E-state index contributed by atoms with van der Waals surface area (Å²) in [6.07, 6.45) is 4.06. The van der Waals surface area contributed by atoms with Crippen molar-refractivity contribution in [2.75, 3.05) is 0 Å². The first kappa shape index (κ1) is 13.6. The zero-order chi connectivity index (χ0) is 12.3. The normalized spacial score (nSPS) is 14.4. The van der Waals surface area contributed by atoms with Gasteiger partial charge in [-0.05, 0) is 45.1 Å². The van der Waals surface area contributed by atoms with Crippen LogP contribution in [0, 0.1) is 5.41 Å². The fourth-order valence-electron chi connectivity index (χ4n) is 2.08. The Morgan fingerprint density at radius 1 is 1.38 bits per heavy atom. The Hall–Kier alpha value is -0.500. The summed E-state index contributed by atoms with van der Waals surface area (Å²) in [4.78, 5) is 0. The summed E-state index contributed by atoms with van der Waals surface area (Å²) in [7, 11) is 0. The summed E-state index contributed by atoms with van der Waals surface area (Å²) in [5.74, 6) is 0. The SMILES string of the molecule is CC(Cl)CC(C)(C)Cc1ccn(C(C)C)n1. The molecule has 1 aromatic rings. The molecule has 0 aliphatic rings. The standard InChI is InChI=1S/C13H23ClN2/c1-10(2)16-7-6-12(15-16)9-13(4,5)8-11(3)14/h6-7,10-11H,8-9H2,1-5H3. The smallest absolute Gasteiger partial charge is 0.0630 e. The van der Waals surface area contributed by atoms with Gasteiger partial charge in [-0.3, -0.25) is 4.68 Å². The molecule has 0 N–H and O–H groups in total. The van der Waals surface area contributed by atoms with Crippen LogP contribution in [0.5, 0.6) is 0 Å². The number of halogens is 1. The van der Waals surface area contributed by atoms with Gasteiger partial charge in [0.2, 0.25) is 0 Å². The molecule has 1 unspecified atom stereocenters. The average Bonchev–Trinajstić information content (AvgIpc) is 2.48. The van der Waals surface area contributed by atoms with E-state index in [4.69, 9.17) is 11.6 Å². The number of hydrogen-bond acceptors (Lipinski definition) is 1. The minimum Gasteiger partial charge on any atom is -0.270 e. The monoisotopic (exact) mass is 242 g/mol. The quantitative estimate of drug-likeness (QED) is 0.713. The molecule has 1 rings (SSSR count). The number of rotatable bonds is 5. The van der Waals surface area contributed by atoms with Crippen molar-refractivity contribution >= 4 is 11.6 Å². The van der Waals surface area contributed by atoms with Crippen LogP contribution in [0.3, 0.4) is 0 Å². The molecule has 0 spiro atoms. The third kappa shape index (κ3) is 4.17. The van der Waals surface area contributed by atoms with Crippen LogP contribution in [0.15, 0.2) is 12.3 Å². The zero-order valence-corrected chi connectivity index (χ0v) is 11.8. The Labute approximate surface area is 104 Å². The fourth-order valence-corrected chi connectivity index (χ4v) is 2.50. The molecule has 0 aromatic carbocycles. The Kier molecular flexibility index (Phi) is 4.43. The molecule has 0 aliphatic heterocycles. The van der Waals surface area contributed by atoms with E-state index in [0.717, 1.165) is 18.5 Å². The molecule has 0 aliphatic carbocycles. The molecular weight excluding hydrogens is 220 g/mol. The molecule has 2 nitrogen and oxygen atoms in total. The summed E-state index contributed by atoms with van der Waals surface area (Å²) in [6.45, 7) is 10.8. The third-order valence-electron chi connectivity index (χ3n) is 2.69. The van der Waals surface area contributed by atoms with Crippen molar-refractivity contribution in [2.24, 2.45) is 5.41 Å². The first-order chi connectivity index (χ1) is 7.30. The topological polar surface area (TPSA) is 17.8 Å². The summed E-state index contributed by atoms with van der Waals surface area (Å²) >= 11 is 6.06. The molecule has 1 atom stereocenters. The Bertz CT molecular complexity index is 326. The third-order valence-corrected chi connectivity index (χ3v) is 2.84. The van der Waals surface area contributed by atoms with Gasteiger partial charge in [0.1, 0.15) is 0 Å². The van der Waals surface area contributed by atoms with Crippen LogP contribution in [0.2, 0.25) is 0 Å². The molecule has 16 heavy (non-hydrogen) atoms. The average molecular weight is 243 g/mol. The maximum Gasteiger partial charge on any atom is 0.0630 e. The fraction of sp³-hybridized carbons (Fsp3) is 0.769. The molecule has 92 valence electrons. The van der Waals surface area contributed by atoms with Crippen LogP contribution >= 0.6 is 11.6 Å². The maximum atomic E-state index is 6.06. The van der Waals surface area contributed by atoms with Gasteiger partial charge >= 0.3 is 0 Å². The van der Waals surface area contributed by atoms with Crippen LogP contribution in [-0.2, 0) is 6.42 Å². The Balaban J connectivity index is 2.65. The van der Waals surface area contributed by atoms with Gasteiger partial charge in [-0.2, -0.15) is 5.10 Å².